The van der Waals surface area contributed by atoms with E-state index in [0.29, 0.717) is 32.4 Å². The fraction of sp³-hybridized carbons (Fsp3) is 0.531. The first-order valence-corrected chi connectivity index (χ1v) is 14.4. The number of carbonyl (C=O) groups excluding carboxylic acids is 3. The highest BCUT2D eigenvalue weighted by Gasteiger charge is 2.30. The van der Waals surface area contributed by atoms with E-state index in [-0.39, 0.29) is 23.8 Å². The molecule has 39 heavy (non-hydrogen) atoms. The molecular weight excluding hydrogens is 492 g/mol. The van der Waals surface area contributed by atoms with Gasteiger partial charge in [0.25, 0.3) is 0 Å². The van der Waals surface area contributed by atoms with Crippen molar-refractivity contribution in [1.82, 2.24) is 10.4 Å². The lowest BCUT2D eigenvalue weighted by Crippen LogP contribution is -2.33. The van der Waals surface area contributed by atoms with Crippen LogP contribution in [0.4, 0.5) is 0 Å². The van der Waals surface area contributed by atoms with Gasteiger partial charge in [-0.2, -0.15) is 0 Å². The van der Waals surface area contributed by atoms with Crippen LogP contribution >= 0.6 is 0 Å². The molecule has 1 aliphatic carbocycles. The molecule has 0 heterocycles. The van der Waals surface area contributed by atoms with Gasteiger partial charge in [-0.05, 0) is 69.2 Å². The maximum atomic E-state index is 13.3. The number of ether oxygens (including phenoxy) is 1. The van der Waals surface area contributed by atoms with Gasteiger partial charge in [0.05, 0.1) is 6.61 Å². The molecule has 1 aliphatic rings. The lowest BCUT2D eigenvalue weighted by molar-refractivity contribution is -0.155. The van der Waals surface area contributed by atoms with Crippen molar-refractivity contribution in [2.24, 2.45) is 0 Å². The molecule has 3 rings (SSSR count). The van der Waals surface area contributed by atoms with Gasteiger partial charge >= 0.3 is 5.97 Å². The summed E-state index contributed by atoms with van der Waals surface area (Å²) >= 11 is 0. The van der Waals surface area contributed by atoms with Crippen LogP contribution < -0.4 is 5.48 Å². The lowest BCUT2D eigenvalue weighted by atomic mass is 10.0. The van der Waals surface area contributed by atoms with E-state index in [1.807, 2.05) is 67.4 Å². The predicted octanol–water partition coefficient (Wildman–Crippen LogP) is 5.87. The number of hydrogen-bond donors (Lipinski definition) is 1. The van der Waals surface area contributed by atoms with Gasteiger partial charge in [-0.15, -0.1) is 0 Å². The number of esters is 1. The third-order valence-corrected chi connectivity index (χ3v) is 7.13. The summed E-state index contributed by atoms with van der Waals surface area (Å²) in [6.07, 6.45) is 8.99. The number of Topliss-reactive ketones (excluding diaryl/α,β-unsaturated/α-hetero) is 1. The molecule has 2 aromatic carbocycles. The summed E-state index contributed by atoms with van der Waals surface area (Å²) in [7, 11) is 1.95. The molecule has 0 spiro atoms. The van der Waals surface area contributed by atoms with Crippen LogP contribution in [0.1, 0.15) is 93.9 Å². The highest BCUT2D eigenvalue weighted by molar-refractivity contribution is 5.81. The van der Waals surface area contributed by atoms with E-state index in [0.717, 1.165) is 68.1 Å². The molecular formula is C32H44N2O5. The van der Waals surface area contributed by atoms with E-state index in [1.165, 1.54) is 0 Å². The van der Waals surface area contributed by atoms with Crippen LogP contribution in [0.5, 0.6) is 0 Å². The largest absolute Gasteiger partial charge is 0.461 e. The molecule has 0 bridgehead atoms. The second-order valence-electron chi connectivity index (χ2n) is 10.5. The molecule has 0 aromatic heterocycles. The molecule has 212 valence electrons. The average molecular weight is 537 g/mol. The maximum Gasteiger partial charge on any atom is 0.328 e. The summed E-state index contributed by atoms with van der Waals surface area (Å²) in [6.45, 7) is 2.85. The smallest absolute Gasteiger partial charge is 0.328 e. The monoisotopic (exact) mass is 536 g/mol. The third-order valence-electron chi connectivity index (χ3n) is 7.13. The predicted molar refractivity (Wildman–Crippen MR) is 152 cm³/mol. The molecule has 0 aliphatic heterocycles. The lowest BCUT2D eigenvalue weighted by Gasteiger charge is -2.28. The van der Waals surface area contributed by atoms with E-state index < -0.39 is 6.04 Å². The molecule has 1 fully saturated rings. The van der Waals surface area contributed by atoms with Crippen molar-refractivity contribution in [3.63, 3.8) is 0 Å². The van der Waals surface area contributed by atoms with Crippen LogP contribution in [-0.2, 0) is 36.9 Å². The summed E-state index contributed by atoms with van der Waals surface area (Å²) in [5, 5.41) is 0. The molecule has 1 atom stereocenters. The standard InChI is InChI=1S/C32H44N2O5/c1-3-38-33-30(36)21-10-5-4-9-18-28(35)23-25-14-13-15-26(22-25)24-34(2)31(27-16-7-6-8-17-27)32(37)39-29-19-11-12-20-29/h6-8,13-17,22,29,31H,3-5,9-12,18-21,23-24H2,1-2H3,(H,33,36)/t31-/m0/s1. The number of hydroxylamine groups is 1. The van der Waals surface area contributed by atoms with Crippen molar-refractivity contribution in [2.75, 3.05) is 13.7 Å². The fourth-order valence-electron chi connectivity index (χ4n) is 5.14. The number of hydrogen-bond acceptors (Lipinski definition) is 6. The molecule has 1 N–H and O–H groups in total. The first-order chi connectivity index (χ1) is 19.0. The van der Waals surface area contributed by atoms with E-state index in [1.54, 1.807) is 0 Å². The summed E-state index contributed by atoms with van der Waals surface area (Å²) in [5.41, 5.74) is 5.37. The second kappa shape index (κ2) is 16.8. The van der Waals surface area contributed by atoms with Crippen molar-refractivity contribution >= 4 is 17.7 Å². The zero-order valence-corrected chi connectivity index (χ0v) is 23.5. The van der Waals surface area contributed by atoms with Gasteiger partial charge in [-0.1, -0.05) is 67.4 Å². The normalized spacial score (nSPS) is 14.3. The van der Waals surface area contributed by atoms with Crippen molar-refractivity contribution in [3.05, 3.63) is 71.3 Å². The minimum atomic E-state index is -0.484. The van der Waals surface area contributed by atoms with E-state index in [4.69, 9.17) is 9.57 Å². The number of rotatable bonds is 17. The van der Waals surface area contributed by atoms with Crippen molar-refractivity contribution in [3.8, 4) is 0 Å². The van der Waals surface area contributed by atoms with Crippen LogP contribution in [0.2, 0.25) is 0 Å². The maximum absolute atomic E-state index is 13.3. The third kappa shape index (κ3) is 10.9. The number of ketones is 1. The number of nitrogens with zero attached hydrogens (tertiary/aromatic N) is 1. The van der Waals surface area contributed by atoms with E-state index in [9.17, 15) is 14.4 Å². The molecule has 0 radical (unpaired) electrons. The molecule has 7 heteroatoms. The Labute approximate surface area is 233 Å². The number of nitrogens with one attached hydrogen (secondary N) is 1. The van der Waals surface area contributed by atoms with Gasteiger partial charge < -0.3 is 4.74 Å². The van der Waals surface area contributed by atoms with Crippen molar-refractivity contribution < 1.29 is 24.0 Å². The average Bonchev–Trinajstić information content (AvgIpc) is 3.43. The molecule has 2 aromatic rings. The van der Waals surface area contributed by atoms with Crippen molar-refractivity contribution in [1.29, 1.82) is 0 Å². The topological polar surface area (TPSA) is 84.9 Å². The highest BCUT2D eigenvalue weighted by Crippen LogP contribution is 2.27. The number of carbonyl (C=O) groups is 3. The zero-order chi connectivity index (χ0) is 27.9. The van der Waals surface area contributed by atoms with Crippen LogP contribution in [0.3, 0.4) is 0 Å². The summed E-state index contributed by atoms with van der Waals surface area (Å²) < 4.78 is 5.90. The summed E-state index contributed by atoms with van der Waals surface area (Å²) in [4.78, 5) is 44.3. The number of amides is 1. The van der Waals surface area contributed by atoms with Crippen molar-refractivity contribution in [2.45, 2.75) is 96.2 Å². The molecule has 1 amide bonds. The molecule has 0 unspecified atom stereocenters. The van der Waals surface area contributed by atoms with Crippen LogP contribution in [-0.4, -0.2) is 42.3 Å². The summed E-state index contributed by atoms with van der Waals surface area (Å²) in [5.74, 6) is -0.0759. The minimum absolute atomic E-state index is 0.0198. The molecule has 0 saturated heterocycles. The second-order valence-corrected chi connectivity index (χ2v) is 10.5. The van der Waals surface area contributed by atoms with Crippen LogP contribution in [0.15, 0.2) is 54.6 Å². The Morgan fingerprint density at radius 1 is 0.923 bits per heavy atom. The van der Waals surface area contributed by atoms with E-state index >= 15 is 0 Å². The Morgan fingerprint density at radius 2 is 1.62 bits per heavy atom. The number of likely N-dealkylation sites (N-methyl/N-ethyl adjacent to an activating group) is 1. The Hall–Kier alpha value is -3.03. The Bertz CT molecular complexity index is 1040. The van der Waals surface area contributed by atoms with Gasteiger partial charge in [0, 0.05) is 25.8 Å². The van der Waals surface area contributed by atoms with Gasteiger partial charge in [0.15, 0.2) is 0 Å². The molecule has 1 saturated carbocycles. The first kappa shape index (κ1) is 30.5. The van der Waals surface area contributed by atoms with Gasteiger partial charge in [0.2, 0.25) is 5.91 Å². The number of unbranched alkanes of at least 4 members (excludes halogenated alkanes) is 3. The number of benzene rings is 2. The Kier molecular flexibility index (Phi) is 13.2. The summed E-state index contributed by atoms with van der Waals surface area (Å²) in [6, 6.07) is 17.4. The Balaban J connectivity index is 1.48. The van der Waals surface area contributed by atoms with Gasteiger partial charge in [0.1, 0.15) is 17.9 Å². The van der Waals surface area contributed by atoms with Gasteiger partial charge in [-0.3, -0.25) is 19.3 Å². The van der Waals surface area contributed by atoms with Crippen LogP contribution in [0, 0.1) is 0 Å². The minimum Gasteiger partial charge on any atom is -0.461 e. The Morgan fingerprint density at radius 3 is 2.33 bits per heavy atom. The fourth-order valence-corrected chi connectivity index (χ4v) is 5.14. The SMILES string of the molecule is CCONC(=O)CCCCCCC(=O)Cc1cccc(CN(C)[C@H](C(=O)OC2CCCC2)c2ccccc2)c1. The highest BCUT2D eigenvalue weighted by atomic mass is 16.6. The van der Waals surface area contributed by atoms with Crippen LogP contribution in [0.25, 0.3) is 0 Å². The molecule has 7 nitrogen and oxygen atoms in total. The van der Waals surface area contributed by atoms with E-state index in [2.05, 4.69) is 11.5 Å². The first-order valence-electron chi connectivity index (χ1n) is 14.4. The zero-order valence-electron chi connectivity index (χ0n) is 23.5. The quantitative estimate of drug-likeness (QED) is 0.155. The van der Waals surface area contributed by atoms with Gasteiger partial charge in [-0.25, -0.2) is 10.3 Å².